The third-order valence-corrected chi connectivity index (χ3v) is 3.94. The first kappa shape index (κ1) is 18.7. The average molecular weight is 389 g/mol. The predicted molar refractivity (Wildman–Crippen MR) is 101 cm³/mol. The third kappa shape index (κ3) is 4.57. The van der Waals surface area contributed by atoms with Crippen molar-refractivity contribution in [2.24, 2.45) is 0 Å². The Kier molecular flexibility index (Phi) is 5.32. The molecule has 0 atom stereocenters. The number of rotatable bonds is 4. The fraction of sp³-hybridized carbons (Fsp3) is 0.105. The highest BCUT2D eigenvalue weighted by Gasteiger charge is 2.13. The number of halogens is 3. The molecule has 5 nitrogen and oxygen atoms in total. The van der Waals surface area contributed by atoms with Gasteiger partial charge in [0.1, 0.15) is 29.0 Å². The van der Waals surface area contributed by atoms with Gasteiger partial charge in [-0.1, -0.05) is 11.6 Å². The molecule has 138 valence electrons. The molecule has 1 aromatic heterocycles. The standard InChI is InChI=1S/C19H15ClF2N4O/c1-10-7-12(20)3-5-15(10)26-19(27)17-9-18(24-11(2)23-17)25-16-6-4-13(21)8-14(16)22/h3-9H,1-2H3,(H,26,27)(H,23,24,25). The van der Waals surface area contributed by atoms with Gasteiger partial charge in [0.2, 0.25) is 0 Å². The molecule has 3 rings (SSSR count). The summed E-state index contributed by atoms with van der Waals surface area (Å²) in [4.78, 5) is 20.8. The Morgan fingerprint density at radius 1 is 1.00 bits per heavy atom. The highest BCUT2D eigenvalue weighted by Crippen LogP contribution is 2.22. The van der Waals surface area contributed by atoms with E-state index in [1.165, 1.54) is 12.1 Å². The van der Waals surface area contributed by atoms with Crippen LogP contribution in [0.3, 0.4) is 0 Å². The Balaban J connectivity index is 1.85. The molecular formula is C19H15ClF2N4O. The van der Waals surface area contributed by atoms with Gasteiger partial charge in [-0.3, -0.25) is 4.79 Å². The second kappa shape index (κ2) is 7.67. The number of aromatic nitrogens is 2. The van der Waals surface area contributed by atoms with Crippen LogP contribution in [0.25, 0.3) is 0 Å². The highest BCUT2D eigenvalue weighted by molar-refractivity contribution is 6.30. The van der Waals surface area contributed by atoms with Crippen LogP contribution in [0.15, 0.2) is 42.5 Å². The van der Waals surface area contributed by atoms with Crippen LogP contribution in [0.4, 0.5) is 26.0 Å². The summed E-state index contributed by atoms with van der Waals surface area (Å²) in [6.45, 7) is 3.42. The predicted octanol–water partition coefficient (Wildman–Crippen LogP) is 5.02. The lowest BCUT2D eigenvalue weighted by molar-refractivity contribution is 0.102. The van der Waals surface area contributed by atoms with Crippen molar-refractivity contribution in [1.29, 1.82) is 0 Å². The number of benzene rings is 2. The number of carbonyl (C=O) groups is 1. The molecule has 2 N–H and O–H groups in total. The first-order valence-electron chi connectivity index (χ1n) is 7.97. The van der Waals surface area contributed by atoms with E-state index in [-0.39, 0.29) is 17.2 Å². The third-order valence-electron chi connectivity index (χ3n) is 3.70. The minimum absolute atomic E-state index is 0.0365. The maximum absolute atomic E-state index is 13.8. The van der Waals surface area contributed by atoms with E-state index < -0.39 is 17.5 Å². The van der Waals surface area contributed by atoms with Gasteiger partial charge >= 0.3 is 0 Å². The zero-order chi connectivity index (χ0) is 19.6. The zero-order valence-electron chi connectivity index (χ0n) is 14.5. The van der Waals surface area contributed by atoms with Gasteiger partial charge < -0.3 is 10.6 Å². The molecule has 2 aromatic carbocycles. The van der Waals surface area contributed by atoms with E-state index in [0.717, 1.165) is 17.7 Å². The number of carbonyl (C=O) groups excluding carboxylic acids is 1. The largest absolute Gasteiger partial charge is 0.338 e. The van der Waals surface area contributed by atoms with Crippen molar-refractivity contribution in [3.8, 4) is 0 Å². The van der Waals surface area contributed by atoms with Crippen molar-refractivity contribution in [2.75, 3.05) is 10.6 Å². The molecule has 27 heavy (non-hydrogen) atoms. The molecule has 3 aromatic rings. The van der Waals surface area contributed by atoms with Crippen LogP contribution in [0.1, 0.15) is 21.9 Å². The molecule has 0 saturated heterocycles. The first-order valence-corrected chi connectivity index (χ1v) is 8.35. The van der Waals surface area contributed by atoms with Gasteiger partial charge in [0.25, 0.3) is 5.91 Å². The number of anilines is 3. The van der Waals surface area contributed by atoms with Crippen molar-refractivity contribution in [3.05, 3.63) is 76.2 Å². The molecule has 0 bridgehead atoms. The lowest BCUT2D eigenvalue weighted by Crippen LogP contribution is -2.16. The van der Waals surface area contributed by atoms with Gasteiger partial charge in [-0.05, 0) is 49.7 Å². The van der Waals surface area contributed by atoms with Gasteiger partial charge in [0.15, 0.2) is 0 Å². The van der Waals surface area contributed by atoms with Gasteiger partial charge in [-0.2, -0.15) is 0 Å². The fourth-order valence-electron chi connectivity index (χ4n) is 2.43. The minimum Gasteiger partial charge on any atom is -0.338 e. The van der Waals surface area contributed by atoms with Gasteiger partial charge in [0, 0.05) is 22.8 Å². The highest BCUT2D eigenvalue weighted by atomic mass is 35.5. The van der Waals surface area contributed by atoms with Crippen molar-refractivity contribution < 1.29 is 13.6 Å². The summed E-state index contributed by atoms with van der Waals surface area (Å²) in [7, 11) is 0. The second-order valence-electron chi connectivity index (χ2n) is 5.85. The van der Waals surface area contributed by atoms with Crippen LogP contribution in [-0.2, 0) is 0 Å². The molecule has 0 aliphatic rings. The average Bonchev–Trinajstić information content (AvgIpc) is 2.59. The second-order valence-corrected chi connectivity index (χ2v) is 6.28. The maximum atomic E-state index is 13.8. The summed E-state index contributed by atoms with van der Waals surface area (Å²) in [5, 5.41) is 6.05. The SMILES string of the molecule is Cc1nc(Nc2ccc(F)cc2F)cc(C(=O)Nc2ccc(Cl)cc2C)n1. The van der Waals surface area contributed by atoms with E-state index in [1.54, 1.807) is 25.1 Å². The number of amides is 1. The van der Waals surface area contributed by atoms with Crippen molar-refractivity contribution >= 4 is 34.7 Å². The van der Waals surface area contributed by atoms with Crippen LogP contribution in [-0.4, -0.2) is 15.9 Å². The number of nitrogens with one attached hydrogen (secondary N) is 2. The Hall–Kier alpha value is -3.06. The molecule has 0 aliphatic heterocycles. The Bertz CT molecular complexity index is 1030. The molecule has 1 heterocycles. The number of nitrogens with zero attached hydrogens (tertiary/aromatic N) is 2. The van der Waals surface area contributed by atoms with Crippen molar-refractivity contribution in [3.63, 3.8) is 0 Å². The fourth-order valence-corrected chi connectivity index (χ4v) is 2.66. The molecule has 0 aliphatic carbocycles. The quantitative estimate of drug-likeness (QED) is 0.658. The van der Waals surface area contributed by atoms with E-state index in [0.29, 0.717) is 16.5 Å². The summed E-state index contributed by atoms with van der Waals surface area (Å²) in [5.41, 5.74) is 1.53. The smallest absolute Gasteiger partial charge is 0.274 e. The molecular weight excluding hydrogens is 374 g/mol. The lowest BCUT2D eigenvalue weighted by Gasteiger charge is -2.11. The Morgan fingerprint density at radius 2 is 1.74 bits per heavy atom. The van der Waals surface area contributed by atoms with Crippen LogP contribution < -0.4 is 10.6 Å². The summed E-state index contributed by atoms with van der Waals surface area (Å²) < 4.78 is 26.9. The van der Waals surface area contributed by atoms with Crippen molar-refractivity contribution in [1.82, 2.24) is 9.97 Å². The normalized spacial score (nSPS) is 10.6. The van der Waals surface area contributed by atoms with Crippen molar-refractivity contribution in [2.45, 2.75) is 13.8 Å². The monoisotopic (exact) mass is 388 g/mol. The van der Waals surface area contributed by atoms with Crippen LogP contribution in [0, 0.1) is 25.5 Å². The van der Waals surface area contributed by atoms with E-state index in [2.05, 4.69) is 20.6 Å². The minimum atomic E-state index is -0.769. The van der Waals surface area contributed by atoms with Gasteiger partial charge in [0.05, 0.1) is 5.69 Å². The zero-order valence-corrected chi connectivity index (χ0v) is 15.2. The number of hydrogen-bond donors (Lipinski definition) is 2. The molecule has 0 radical (unpaired) electrons. The summed E-state index contributed by atoms with van der Waals surface area (Å²) >= 11 is 5.92. The lowest BCUT2D eigenvalue weighted by atomic mass is 10.2. The number of hydrogen-bond acceptors (Lipinski definition) is 4. The van der Waals surface area contributed by atoms with Gasteiger partial charge in [-0.25, -0.2) is 18.7 Å². The Morgan fingerprint density at radius 3 is 2.44 bits per heavy atom. The van der Waals surface area contributed by atoms with E-state index >= 15 is 0 Å². The Labute approximate surface area is 159 Å². The molecule has 0 unspecified atom stereocenters. The van der Waals surface area contributed by atoms with Crippen LogP contribution in [0.5, 0.6) is 0 Å². The summed E-state index contributed by atoms with van der Waals surface area (Å²) in [5.74, 6) is -1.37. The maximum Gasteiger partial charge on any atom is 0.274 e. The molecule has 0 spiro atoms. The van der Waals surface area contributed by atoms with Crippen LogP contribution >= 0.6 is 11.6 Å². The van der Waals surface area contributed by atoms with E-state index in [1.807, 2.05) is 6.92 Å². The van der Waals surface area contributed by atoms with Crippen LogP contribution in [0.2, 0.25) is 5.02 Å². The first-order chi connectivity index (χ1) is 12.8. The van der Waals surface area contributed by atoms with Gasteiger partial charge in [-0.15, -0.1) is 0 Å². The van der Waals surface area contributed by atoms with E-state index in [9.17, 15) is 13.6 Å². The topological polar surface area (TPSA) is 66.9 Å². The summed E-state index contributed by atoms with van der Waals surface area (Å²) in [6, 6.07) is 9.60. The van der Waals surface area contributed by atoms with E-state index in [4.69, 9.17) is 11.6 Å². The summed E-state index contributed by atoms with van der Waals surface area (Å²) in [6.07, 6.45) is 0. The number of aryl methyl sites for hydroxylation is 2. The molecule has 0 fully saturated rings. The molecule has 1 amide bonds. The molecule has 8 heteroatoms. The molecule has 0 saturated carbocycles.